The maximum Gasteiger partial charge on any atom is 0.331 e. The summed E-state index contributed by atoms with van der Waals surface area (Å²) >= 11 is 3.36. The first-order valence-electron chi connectivity index (χ1n) is 8.11. The number of nitrogens with zero attached hydrogens (tertiary/aromatic N) is 2. The first-order valence-corrected chi connectivity index (χ1v) is 8.90. The van der Waals surface area contributed by atoms with Gasteiger partial charge in [0.05, 0.1) is 19.7 Å². The van der Waals surface area contributed by atoms with E-state index in [0.717, 1.165) is 15.6 Å². The lowest BCUT2D eigenvalue weighted by atomic mass is 10.2. The number of rotatable bonds is 6. The van der Waals surface area contributed by atoms with E-state index in [1.165, 1.54) is 6.08 Å². The van der Waals surface area contributed by atoms with E-state index in [-0.39, 0.29) is 0 Å². The summed E-state index contributed by atoms with van der Waals surface area (Å²) < 4.78 is 16.7. The average molecular weight is 432 g/mol. The smallest absolute Gasteiger partial charge is 0.331 e. The SMILES string of the molecule is COc1cc(/C=C/C(=O)OC(C)c2nc3ncc(Br)cc3[nH]2)cc(OC)c1. The molecule has 7 nitrogen and oxygen atoms in total. The van der Waals surface area contributed by atoms with Gasteiger partial charge in [-0.25, -0.2) is 14.8 Å². The molecule has 140 valence electrons. The number of aromatic nitrogens is 3. The van der Waals surface area contributed by atoms with Crippen molar-refractivity contribution >= 4 is 39.1 Å². The van der Waals surface area contributed by atoms with E-state index in [2.05, 4.69) is 30.9 Å². The zero-order chi connectivity index (χ0) is 19.4. The highest BCUT2D eigenvalue weighted by atomic mass is 79.9. The quantitative estimate of drug-likeness (QED) is 0.467. The van der Waals surface area contributed by atoms with Crippen LogP contribution < -0.4 is 9.47 Å². The molecule has 0 spiro atoms. The van der Waals surface area contributed by atoms with Gasteiger partial charge in [0.2, 0.25) is 0 Å². The van der Waals surface area contributed by atoms with Crippen molar-refractivity contribution in [2.24, 2.45) is 0 Å². The van der Waals surface area contributed by atoms with Gasteiger partial charge in [0.25, 0.3) is 0 Å². The van der Waals surface area contributed by atoms with Gasteiger partial charge in [0.1, 0.15) is 17.3 Å². The summed E-state index contributed by atoms with van der Waals surface area (Å²) in [7, 11) is 3.14. The Labute approximate surface area is 164 Å². The number of nitrogens with one attached hydrogen (secondary N) is 1. The lowest BCUT2D eigenvalue weighted by molar-refractivity contribution is -0.142. The van der Waals surface area contributed by atoms with Crippen LogP contribution >= 0.6 is 15.9 Å². The molecule has 0 amide bonds. The van der Waals surface area contributed by atoms with Gasteiger partial charge in [-0.15, -0.1) is 0 Å². The van der Waals surface area contributed by atoms with E-state index >= 15 is 0 Å². The van der Waals surface area contributed by atoms with Gasteiger partial charge in [-0.3, -0.25) is 0 Å². The highest BCUT2D eigenvalue weighted by Crippen LogP contribution is 2.24. The molecule has 0 aliphatic rings. The number of H-pyrrole nitrogens is 1. The minimum absolute atomic E-state index is 0.487. The third kappa shape index (κ3) is 4.65. The Balaban J connectivity index is 1.70. The van der Waals surface area contributed by atoms with Crippen molar-refractivity contribution in [3.63, 3.8) is 0 Å². The first kappa shape index (κ1) is 18.9. The number of imidazole rings is 1. The number of carbonyl (C=O) groups excluding carboxylic acids is 1. The van der Waals surface area contributed by atoms with Gasteiger partial charge in [-0.2, -0.15) is 0 Å². The van der Waals surface area contributed by atoms with Crippen molar-refractivity contribution < 1.29 is 19.0 Å². The molecule has 8 heteroatoms. The minimum Gasteiger partial charge on any atom is -0.497 e. The second kappa shape index (κ2) is 8.22. The predicted molar refractivity (Wildman–Crippen MR) is 105 cm³/mol. The summed E-state index contributed by atoms with van der Waals surface area (Å²) in [5, 5.41) is 0. The van der Waals surface area contributed by atoms with Crippen LogP contribution in [0.5, 0.6) is 11.5 Å². The maximum atomic E-state index is 12.1. The van der Waals surface area contributed by atoms with E-state index in [4.69, 9.17) is 14.2 Å². The third-order valence-corrected chi connectivity index (χ3v) is 4.22. The van der Waals surface area contributed by atoms with Crippen molar-refractivity contribution in [1.82, 2.24) is 15.0 Å². The molecule has 0 saturated carbocycles. The lowest BCUT2D eigenvalue weighted by Crippen LogP contribution is -2.07. The molecule has 3 rings (SSSR count). The van der Waals surface area contributed by atoms with E-state index in [1.54, 1.807) is 51.6 Å². The normalized spacial score (nSPS) is 12.3. The molecule has 3 aromatic rings. The molecule has 2 aromatic heterocycles. The van der Waals surface area contributed by atoms with Crippen molar-refractivity contribution in [3.8, 4) is 11.5 Å². The predicted octanol–water partition coefficient (Wildman–Crippen LogP) is 4.06. The maximum absolute atomic E-state index is 12.1. The fraction of sp³-hybridized carbons (Fsp3) is 0.211. The van der Waals surface area contributed by atoms with Crippen LogP contribution in [0.4, 0.5) is 0 Å². The van der Waals surface area contributed by atoms with Crippen LogP contribution in [-0.4, -0.2) is 35.1 Å². The number of esters is 1. The van der Waals surface area contributed by atoms with Gasteiger partial charge < -0.3 is 19.2 Å². The molecule has 1 unspecified atom stereocenters. The average Bonchev–Trinajstić information content (AvgIpc) is 3.09. The number of ether oxygens (including phenoxy) is 3. The molecular formula is C19H18BrN3O4. The zero-order valence-corrected chi connectivity index (χ0v) is 16.6. The number of fused-ring (bicyclic) bond motifs is 1. The Morgan fingerprint density at radius 3 is 2.56 bits per heavy atom. The standard InChI is InChI=1S/C19H18BrN3O4/c1-11(18-22-16-8-13(20)10-21-19(16)23-18)27-17(24)5-4-12-6-14(25-2)9-15(7-12)26-3/h4-11H,1-3H3,(H,21,22,23)/b5-4+. The number of pyridine rings is 1. The number of aromatic amines is 1. The monoisotopic (exact) mass is 431 g/mol. The molecule has 1 atom stereocenters. The summed E-state index contributed by atoms with van der Waals surface area (Å²) in [4.78, 5) is 23.8. The van der Waals surface area contributed by atoms with Crippen LogP contribution in [0, 0.1) is 0 Å². The highest BCUT2D eigenvalue weighted by Gasteiger charge is 2.15. The van der Waals surface area contributed by atoms with Crippen LogP contribution in [0.3, 0.4) is 0 Å². The number of hydrogen-bond acceptors (Lipinski definition) is 6. The molecule has 0 aliphatic carbocycles. The summed E-state index contributed by atoms with van der Waals surface area (Å²) in [6, 6.07) is 7.20. The molecule has 1 N–H and O–H groups in total. The minimum atomic E-state index is -0.546. The zero-order valence-electron chi connectivity index (χ0n) is 15.0. The Kier molecular flexibility index (Phi) is 5.75. The van der Waals surface area contributed by atoms with E-state index in [9.17, 15) is 4.79 Å². The number of hydrogen-bond donors (Lipinski definition) is 1. The second-order valence-corrected chi connectivity index (χ2v) is 6.62. The Morgan fingerprint density at radius 1 is 1.19 bits per heavy atom. The molecule has 0 bridgehead atoms. The molecule has 0 radical (unpaired) electrons. The van der Waals surface area contributed by atoms with Gasteiger partial charge in [-0.05, 0) is 52.7 Å². The Hall–Kier alpha value is -2.87. The molecular weight excluding hydrogens is 414 g/mol. The van der Waals surface area contributed by atoms with Crippen LogP contribution in [0.2, 0.25) is 0 Å². The van der Waals surface area contributed by atoms with Crippen molar-refractivity contribution in [3.05, 3.63) is 52.4 Å². The Bertz CT molecular complexity index is 978. The van der Waals surface area contributed by atoms with Crippen molar-refractivity contribution in [2.75, 3.05) is 14.2 Å². The molecule has 0 saturated heterocycles. The number of halogens is 1. The van der Waals surface area contributed by atoms with Gasteiger partial charge in [0.15, 0.2) is 11.8 Å². The fourth-order valence-corrected chi connectivity index (χ4v) is 2.78. The lowest BCUT2D eigenvalue weighted by Gasteiger charge is -2.09. The third-order valence-electron chi connectivity index (χ3n) is 3.79. The van der Waals surface area contributed by atoms with Crippen LogP contribution in [0.1, 0.15) is 24.4 Å². The summed E-state index contributed by atoms with van der Waals surface area (Å²) in [6.07, 6.45) is 4.10. The second-order valence-electron chi connectivity index (χ2n) is 5.71. The van der Waals surface area contributed by atoms with E-state index in [0.29, 0.717) is 23.0 Å². The molecule has 2 heterocycles. The molecule has 0 aliphatic heterocycles. The number of carbonyl (C=O) groups is 1. The summed E-state index contributed by atoms with van der Waals surface area (Å²) in [5.74, 6) is 1.31. The van der Waals surface area contributed by atoms with Gasteiger partial charge >= 0.3 is 5.97 Å². The molecule has 1 aromatic carbocycles. The van der Waals surface area contributed by atoms with E-state index in [1.807, 2.05) is 6.07 Å². The number of benzene rings is 1. The van der Waals surface area contributed by atoms with E-state index < -0.39 is 12.1 Å². The van der Waals surface area contributed by atoms with Crippen molar-refractivity contribution in [1.29, 1.82) is 0 Å². The summed E-state index contributed by atoms with van der Waals surface area (Å²) in [6.45, 7) is 1.74. The molecule has 27 heavy (non-hydrogen) atoms. The van der Waals surface area contributed by atoms with Crippen LogP contribution in [0.15, 0.2) is 41.0 Å². The molecule has 0 fully saturated rings. The van der Waals surface area contributed by atoms with Gasteiger partial charge in [-0.1, -0.05) is 0 Å². The number of methoxy groups -OCH3 is 2. The van der Waals surface area contributed by atoms with Gasteiger partial charge in [0, 0.05) is 22.8 Å². The first-order chi connectivity index (χ1) is 13.0. The largest absolute Gasteiger partial charge is 0.497 e. The fourth-order valence-electron chi connectivity index (χ4n) is 2.44. The highest BCUT2D eigenvalue weighted by molar-refractivity contribution is 9.10. The van der Waals surface area contributed by atoms with Crippen LogP contribution in [-0.2, 0) is 9.53 Å². The van der Waals surface area contributed by atoms with Crippen LogP contribution in [0.25, 0.3) is 17.2 Å². The van der Waals surface area contributed by atoms with Crippen molar-refractivity contribution in [2.45, 2.75) is 13.0 Å². The Morgan fingerprint density at radius 2 is 1.89 bits per heavy atom. The summed E-state index contributed by atoms with van der Waals surface area (Å²) in [5.41, 5.74) is 2.09. The topological polar surface area (TPSA) is 86.3 Å².